The molecule has 6 heteroatoms. The molecule has 6 nitrogen and oxygen atoms in total. The second kappa shape index (κ2) is 21.7. The van der Waals surface area contributed by atoms with Crippen molar-refractivity contribution in [2.75, 3.05) is 33.9 Å². The largest absolute Gasteiger partial charge is 0.461 e. The molecule has 0 radical (unpaired) electrons. The monoisotopic (exact) mass is 457 g/mol. The van der Waals surface area contributed by atoms with Gasteiger partial charge in [-0.1, -0.05) is 90.9 Å². The molecular formula is C26H51NO5. The summed E-state index contributed by atoms with van der Waals surface area (Å²) in [7, 11) is 3.86. The molecule has 1 unspecified atom stereocenters. The predicted octanol–water partition coefficient (Wildman–Crippen LogP) is 6.18. The molecule has 0 aliphatic heterocycles. The van der Waals surface area contributed by atoms with E-state index in [1.807, 2.05) is 19.0 Å². The van der Waals surface area contributed by atoms with E-state index in [1.165, 1.54) is 76.9 Å². The van der Waals surface area contributed by atoms with E-state index < -0.39 is 5.97 Å². The third kappa shape index (κ3) is 20.8. The van der Waals surface area contributed by atoms with Crippen molar-refractivity contribution in [2.45, 2.75) is 116 Å². The van der Waals surface area contributed by atoms with E-state index >= 15 is 0 Å². The number of rotatable bonds is 23. The van der Waals surface area contributed by atoms with E-state index in [0.29, 0.717) is 26.0 Å². The van der Waals surface area contributed by atoms with Crippen LogP contribution in [-0.4, -0.2) is 55.8 Å². The van der Waals surface area contributed by atoms with Crippen LogP contribution in [0.3, 0.4) is 0 Å². The SMILES string of the molecule is CCCCCCCCCCCCCCCC(=O)OC/C=C/OC(O)(CC)OCCN(C)C. The zero-order valence-electron chi connectivity index (χ0n) is 21.4. The fraction of sp³-hybridized carbons (Fsp3) is 0.885. The highest BCUT2D eigenvalue weighted by molar-refractivity contribution is 5.69. The fourth-order valence-electron chi connectivity index (χ4n) is 3.30. The molecule has 190 valence electrons. The Morgan fingerprint density at radius 3 is 1.91 bits per heavy atom. The summed E-state index contributed by atoms with van der Waals surface area (Å²) in [5.74, 6) is -1.84. The minimum Gasteiger partial charge on any atom is -0.461 e. The van der Waals surface area contributed by atoms with Gasteiger partial charge in [-0.25, -0.2) is 0 Å². The standard InChI is InChI=1S/C26H51NO5/c1-5-7-8-9-10-11-12-13-14-15-16-17-18-20-25(28)30-22-19-23-31-26(29,6-2)32-24-21-27(3)4/h19,23,29H,5-18,20-22,24H2,1-4H3/b23-19+. The molecule has 1 atom stereocenters. The summed E-state index contributed by atoms with van der Waals surface area (Å²) in [6.07, 6.45) is 20.4. The number of nitrogens with zero attached hydrogens (tertiary/aromatic N) is 1. The van der Waals surface area contributed by atoms with E-state index in [-0.39, 0.29) is 12.6 Å². The maximum atomic E-state index is 11.8. The van der Waals surface area contributed by atoms with E-state index in [4.69, 9.17) is 14.2 Å². The molecule has 0 aromatic carbocycles. The first kappa shape index (κ1) is 30.9. The highest BCUT2D eigenvalue weighted by Gasteiger charge is 2.26. The van der Waals surface area contributed by atoms with E-state index in [1.54, 1.807) is 13.0 Å². The molecule has 0 aliphatic rings. The molecule has 1 N–H and O–H groups in total. The molecular weight excluding hydrogens is 406 g/mol. The quantitative estimate of drug-likeness (QED) is 0.0856. The minimum atomic E-state index is -1.65. The van der Waals surface area contributed by atoms with Crippen LogP contribution >= 0.6 is 0 Å². The van der Waals surface area contributed by atoms with Gasteiger partial charge in [-0.15, -0.1) is 0 Å². The van der Waals surface area contributed by atoms with Crippen molar-refractivity contribution < 1.29 is 24.1 Å². The van der Waals surface area contributed by atoms with Crippen LogP contribution in [0.2, 0.25) is 0 Å². The summed E-state index contributed by atoms with van der Waals surface area (Å²) < 4.78 is 15.8. The molecule has 0 fully saturated rings. The summed E-state index contributed by atoms with van der Waals surface area (Å²) in [6, 6.07) is 0. The smallest absolute Gasteiger partial charge is 0.323 e. The first-order valence-electron chi connectivity index (χ1n) is 12.9. The molecule has 0 aromatic rings. The first-order valence-corrected chi connectivity index (χ1v) is 12.9. The van der Waals surface area contributed by atoms with Gasteiger partial charge in [0.1, 0.15) is 6.61 Å². The second-order valence-electron chi connectivity index (χ2n) is 8.88. The predicted molar refractivity (Wildman–Crippen MR) is 131 cm³/mol. The number of hydrogen-bond donors (Lipinski definition) is 1. The number of likely N-dealkylation sites (N-methyl/N-ethyl adjacent to an activating group) is 1. The third-order valence-corrected chi connectivity index (χ3v) is 5.49. The average molecular weight is 458 g/mol. The summed E-state index contributed by atoms with van der Waals surface area (Å²) in [5, 5.41) is 10.2. The van der Waals surface area contributed by atoms with Crippen molar-refractivity contribution in [3.05, 3.63) is 12.3 Å². The molecule has 0 bridgehead atoms. The van der Waals surface area contributed by atoms with Gasteiger partial charge in [-0.2, -0.15) is 0 Å². The zero-order chi connectivity index (χ0) is 23.9. The molecule has 0 spiro atoms. The Labute approximate surface area is 197 Å². The van der Waals surface area contributed by atoms with Crippen LogP contribution in [-0.2, 0) is 19.0 Å². The number of carbonyl (C=O) groups excluding carboxylic acids is 1. The average Bonchev–Trinajstić information content (AvgIpc) is 2.76. The highest BCUT2D eigenvalue weighted by Crippen LogP contribution is 2.15. The van der Waals surface area contributed by atoms with E-state index in [9.17, 15) is 9.90 Å². The molecule has 0 rings (SSSR count). The van der Waals surface area contributed by atoms with E-state index in [0.717, 1.165) is 12.8 Å². The first-order chi connectivity index (χ1) is 15.4. The van der Waals surface area contributed by atoms with Gasteiger partial charge in [0.05, 0.1) is 12.9 Å². The Hall–Kier alpha value is -1.11. The summed E-state index contributed by atoms with van der Waals surface area (Å²) in [4.78, 5) is 13.8. The minimum absolute atomic E-state index is 0.134. The number of aliphatic hydroxyl groups is 1. The lowest BCUT2D eigenvalue weighted by Gasteiger charge is -2.26. The molecule has 0 saturated heterocycles. The van der Waals surface area contributed by atoms with Crippen LogP contribution in [0.15, 0.2) is 12.3 Å². The molecule has 0 aromatic heterocycles. The number of unbranched alkanes of at least 4 members (excludes halogenated alkanes) is 12. The van der Waals surface area contributed by atoms with Crippen molar-refractivity contribution in [3.63, 3.8) is 0 Å². The van der Waals surface area contributed by atoms with Crippen LogP contribution < -0.4 is 0 Å². The van der Waals surface area contributed by atoms with Gasteiger partial charge in [0.2, 0.25) is 0 Å². The Kier molecular flexibility index (Phi) is 21.0. The highest BCUT2D eigenvalue weighted by atomic mass is 16.8. The lowest BCUT2D eigenvalue weighted by atomic mass is 10.0. The second-order valence-corrected chi connectivity index (χ2v) is 8.88. The van der Waals surface area contributed by atoms with Gasteiger partial charge in [0.15, 0.2) is 0 Å². The number of ether oxygens (including phenoxy) is 3. The van der Waals surface area contributed by atoms with Crippen LogP contribution in [0.4, 0.5) is 0 Å². The maximum Gasteiger partial charge on any atom is 0.323 e. The number of carbonyl (C=O) groups is 1. The topological polar surface area (TPSA) is 68.2 Å². The van der Waals surface area contributed by atoms with Gasteiger partial charge in [-0.3, -0.25) is 4.79 Å². The van der Waals surface area contributed by atoms with Gasteiger partial charge in [-0.05, 0) is 26.6 Å². The van der Waals surface area contributed by atoms with Gasteiger partial charge >= 0.3 is 11.9 Å². The molecule has 0 heterocycles. The zero-order valence-corrected chi connectivity index (χ0v) is 21.4. The summed E-state index contributed by atoms with van der Waals surface area (Å²) >= 11 is 0. The van der Waals surface area contributed by atoms with Crippen molar-refractivity contribution in [3.8, 4) is 0 Å². The van der Waals surface area contributed by atoms with Crippen LogP contribution in [0, 0.1) is 0 Å². The molecule has 0 amide bonds. The van der Waals surface area contributed by atoms with E-state index in [2.05, 4.69) is 6.92 Å². The molecule has 0 aliphatic carbocycles. The van der Waals surface area contributed by atoms with Gasteiger partial charge in [0.25, 0.3) is 0 Å². The number of hydrogen-bond acceptors (Lipinski definition) is 6. The normalized spacial score (nSPS) is 13.6. The van der Waals surface area contributed by atoms with Crippen LogP contribution in [0.1, 0.15) is 110 Å². The van der Waals surface area contributed by atoms with Gasteiger partial charge in [0, 0.05) is 19.4 Å². The lowest BCUT2D eigenvalue weighted by molar-refractivity contribution is -0.340. The lowest BCUT2D eigenvalue weighted by Crippen LogP contribution is -2.35. The molecule has 0 saturated carbocycles. The Bertz CT molecular complexity index is 455. The Morgan fingerprint density at radius 1 is 0.875 bits per heavy atom. The van der Waals surface area contributed by atoms with Crippen LogP contribution in [0.25, 0.3) is 0 Å². The Morgan fingerprint density at radius 2 is 1.41 bits per heavy atom. The van der Waals surface area contributed by atoms with Crippen molar-refractivity contribution in [1.29, 1.82) is 0 Å². The van der Waals surface area contributed by atoms with Crippen LogP contribution in [0.5, 0.6) is 0 Å². The fourth-order valence-corrected chi connectivity index (χ4v) is 3.30. The van der Waals surface area contributed by atoms with Crippen molar-refractivity contribution in [2.24, 2.45) is 0 Å². The summed E-state index contributed by atoms with van der Waals surface area (Å²) in [6.45, 7) is 5.22. The number of esters is 1. The Balaban J connectivity index is 3.55. The van der Waals surface area contributed by atoms with Gasteiger partial charge < -0.3 is 24.2 Å². The summed E-state index contributed by atoms with van der Waals surface area (Å²) in [5.41, 5.74) is 0. The molecule has 32 heavy (non-hydrogen) atoms. The maximum absolute atomic E-state index is 11.8. The van der Waals surface area contributed by atoms with Crippen molar-refractivity contribution >= 4 is 5.97 Å². The van der Waals surface area contributed by atoms with Crippen molar-refractivity contribution in [1.82, 2.24) is 4.90 Å². The third-order valence-electron chi connectivity index (χ3n) is 5.49.